The van der Waals surface area contributed by atoms with Crippen LogP contribution in [0.25, 0.3) is 0 Å². The van der Waals surface area contributed by atoms with Gasteiger partial charge in [0, 0.05) is 18.8 Å². The summed E-state index contributed by atoms with van der Waals surface area (Å²) in [5.41, 5.74) is 13.0. The third-order valence-corrected chi connectivity index (χ3v) is 2.48. The number of amides is 1. The first-order chi connectivity index (χ1) is 8.04. The minimum atomic E-state index is -0.322. The van der Waals surface area contributed by atoms with E-state index in [-0.39, 0.29) is 12.5 Å². The lowest BCUT2D eigenvalue weighted by Crippen LogP contribution is -2.37. The maximum Gasteiger partial charge on any atom is 0.236 e. The number of rotatable bonds is 6. The van der Waals surface area contributed by atoms with Crippen molar-refractivity contribution in [2.45, 2.75) is 20.4 Å². The number of nitrogens with zero attached hydrogens (tertiary/aromatic N) is 1. The fraction of sp³-hybridized carbons (Fsp3) is 0.462. The predicted molar refractivity (Wildman–Crippen MR) is 70.6 cm³/mol. The fourth-order valence-electron chi connectivity index (χ4n) is 1.87. The zero-order valence-corrected chi connectivity index (χ0v) is 10.5. The Balaban J connectivity index is 2.98. The Morgan fingerprint density at radius 3 is 2.53 bits per heavy atom. The van der Waals surface area contributed by atoms with Crippen LogP contribution >= 0.6 is 0 Å². The first-order valence-electron chi connectivity index (χ1n) is 5.85. The second kappa shape index (κ2) is 6.25. The predicted octanol–water partition coefficient (Wildman–Crippen LogP) is 1.09. The summed E-state index contributed by atoms with van der Waals surface area (Å²) in [5.74, 6) is 0.137. The van der Waals surface area contributed by atoms with E-state index < -0.39 is 0 Å². The number of para-hydroxylation sites is 1. The Kier molecular flexibility index (Phi) is 4.97. The van der Waals surface area contributed by atoms with E-state index in [1.807, 2.05) is 29.2 Å². The Morgan fingerprint density at radius 1 is 1.35 bits per heavy atom. The average Bonchev–Trinajstić information content (AvgIpc) is 2.27. The van der Waals surface area contributed by atoms with Gasteiger partial charge in [-0.3, -0.25) is 4.79 Å². The summed E-state index contributed by atoms with van der Waals surface area (Å²) in [4.78, 5) is 13.1. The van der Waals surface area contributed by atoms with E-state index in [1.54, 1.807) is 0 Å². The monoisotopic (exact) mass is 235 g/mol. The van der Waals surface area contributed by atoms with Crippen LogP contribution in [0.4, 0.5) is 5.69 Å². The SMILES string of the molecule is CC(C)CN(CC(N)=O)c1ccccc1CN. The highest BCUT2D eigenvalue weighted by Gasteiger charge is 2.13. The second-order valence-corrected chi connectivity index (χ2v) is 4.57. The zero-order valence-electron chi connectivity index (χ0n) is 10.5. The van der Waals surface area contributed by atoms with Gasteiger partial charge in [0.15, 0.2) is 0 Å². The Morgan fingerprint density at radius 2 is 2.00 bits per heavy atom. The highest BCUT2D eigenvalue weighted by atomic mass is 16.1. The summed E-state index contributed by atoms with van der Waals surface area (Å²) < 4.78 is 0. The molecular weight excluding hydrogens is 214 g/mol. The van der Waals surface area contributed by atoms with Gasteiger partial charge in [0.25, 0.3) is 0 Å². The van der Waals surface area contributed by atoms with Crippen LogP contribution in [0.2, 0.25) is 0 Å². The molecule has 0 atom stereocenters. The van der Waals surface area contributed by atoms with Crippen molar-refractivity contribution in [2.24, 2.45) is 17.4 Å². The number of carbonyl (C=O) groups excluding carboxylic acids is 1. The van der Waals surface area contributed by atoms with Crippen molar-refractivity contribution < 1.29 is 4.79 Å². The lowest BCUT2D eigenvalue weighted by molar-refractivity contribution is -0.116. The van der Waals surface area contributed by atoms with Gasteiger partial charge in [-0.15, -0.1) is 0 Å². The second-order valence-electron chi connectivity index (χ2n) is 4.57. The normalized spacial score (nSPS) is 10.6. The molecule has 1 rings (SSSR count). The average molecular weight is 235 g/mol. The Bertz CT molecular complexity index is 377. The topological polar surface area (TPSA) is 72.3 Å². The van der Waals surface area contributed by atoms with E-state index in [0.717, 1.165) is 17.8 Å². The number of hydrogen-bond donors (Lipinski definition) is 2. The molecule has 4 N–H and O–H groups in total. The number of primary amides is 1. The molecule has 94 valence electrons. The molecule has 0 aliphatic heterocycles. The number of carbonyl (C=O) groups is 1. The number of nitrogens with two attached hydrogens (primary N) is 2. The molecule has 1 aromatic carbocycles. The molecule has 1 amide bonds. The molecule has 0 spiro atoms. The molecule has 0 radical (unpaired) electrons. The smallest absolute Gasteiger partial charge is 0.236 e. The third kappa shape index (κ3) is 4.07. The molecule has 1 aromatic rings. The van der Waals surface area contributed by atoms with Crippen molar-refractivity contribution in [3.05, 3.63) is 29.8 Å². The third-order valence-electron chi connectivity index (χ3n) is 2.48. The molecule has 0 saturated carbocycles. The Hall–Kier alpha value is -1.55. The largest absolute Gasteiger partial charge is 0.368 e. The van der Waals surface area contributed by atoms with Crippen LogP contribution in [0.5, 0.6) is 0 Å². The molecular formula is C13H21N3O. The molecule has 0 unspecified atom stereocenters. The Labute approximate surface area is 103 Å². The fourth-order valence-corrected chi connectivity index (χ4v) is 1.87. The molecule has 0 heterocycles. The van der Waals surface area contributed by atoms with E-state index in [0.29, 0.717) is 12.5 Å². The first-order valence-corrected chi connectivity index (χ1v) is 5.85. The van der Waals surface area contributed by atoms with Crippen molar-refractivity contribution in [2.75, 3.05) is 18.0 Å². The van der Waals surface area contributed by atoms with Crippen LogP contribution in [-0.4, -0.2) is 19.0 Å². The van der Waals surface area contributed by atoms with Gasteiger partial charge in [0.2, 0.25) is 5.91 Å². The van der Waals surface area contributed by atoms with Crippen molar-refractivity contribution >= 4 is 11.6 Å². The molecule has 4 heteroatoms. The minimum Gasteiger partial charge on any atom is -0.368 e. The number of anilines is 1. The lowest BCUT2D eigenvalue weighted by Gasteiger charge is -2.27. The van der Waals surface area contributed by atoms with Gasteiger partial charge in [0.1, 0.15) is 0 Å². The van der Waals surface area contributed by atoms with Crippen LogP contribution in [0.3, 0.4) is 0 Å². The van der Waals surface area contributed by atoms with Crippen LogP contribution < -0.4 is 16.4 Å². The molecule has 0 bridgehead atoms. The van der Waals surface area contributed by atoms with Gasteiger partial charge >= 0.3 is 0 Å². The molecule has 0 fully saturated rings. The van der Waals surface area contributed by atoms with Gasteiger partial charge in [0.05, 0.1) is 6.54 Å². The van der Waals surface area contributed by atoms with Gasteiger partial charge in [-0.2, -0.15) is 0 Å². The van der Waals surface area contributed by atoms with Crippen molar-refractivity contribution in [1.29, 1.82) is 0 Å². The van der Waals surface area contributed by atoms with Crippen LogP contribution in [0.1, 0.15) is 19.4 Å². The van der Waals surface area contributed by atoms with E-state index >= 15 is 0 Å². The minimum absolute atomic E-state index is 0.231. The van der Waals surface area contributed by atoms with E-state index in [9.17, 15) is 4.79 Å². The standard InChI is InChI=1S/C13H21N3O/c1-10(2)8-16(9-13(15)17)12-6-4-3-5-11(12)7-14/h3-6,10H,7-9,14H2,1-2H3,(H2,15,17). The molecule has 4 nitrogen and oxygen atoms in total. The first kappa shape index (κ1) is 13.5. The summed E-state index contributed by atoms with van der Waals surface area (Å²) in [6.07, 6.45) is 0. The van der Waals surface area contributed by atoms with Crippen molar-refractivity contribution in [1.82, 2.24) is 0 Å². The summed E-state index contributed by atoms with van der Waals surface area (Å²) in [6.45, 7) is 5.71. The molecule has 17 heavy (non-hydrogen) atoms. The highest BCUT2D eigenvalue weighted by molar-refractivity contribution is 5.80. The zero-order chi connectivity index (χ0) is 12.8. The van der Waals surface area contributed by atoms with Crippen LogP contribution in [0, 0.1) is 5.92 Å². The van der Waals surface area contributed by atoms with Crippen LogP contribution in [0.15, 0.2) is 24.3 Å². The van der Waals surface area contributed by atoms with E-state index in [4.69, 9.17) is 11.5 Å². The number of hydrogen-bond acceptors (Lipinski definition) is 3. The molecule has 0 aliphatic rings. The maximum absolute atomic E-state index is 11.1. The van der Waals surface area contributed by atoms with E-state index in [1.165, 1.54) is 0 Å². The van der Waals surface area contributed by atoms with E-state index in [2.05, 4.69) is 13.8 Å². The summed E-state index contributed by atoms with van der Waals surface area (Å²) >= 11 is 0. The van der Waals surface area contributed by atoms with Gasteiger partial charge in [-0.1, -0.05) is 32.0 Å². The lowest BCUT2D eigenvalue weighted by atomic mass is 10.1. The highest BCUT2D eigenvalue weighted by Crippen LogP contribution is 2.20. The van der Waals surface area contributed by atoms with Gasteiger partial charge in [-0.05, 0) is 17.5 Å². The summed E-state index contributed by atoms with van der Waals surface area (Å²) in [7, 11) is 0. The quantitative estimate of drug-likeness (QED) is 0.775. The molecule has 0 aromatic heterocycles. The van der Waals surface area contributed by atoms with Crippen LogP contribution in [-0.2, 0) is 11.3 Å². The van der Waals surface area contributed by atoms with Gasteiger partial charge in [-0.25, -0.2) is 0 Å². The van der Waals surface area contributed by atoms with Crippen molar-refractivity contribution in [3.8, 4) is 0 Å². The molecule has 0 saturated heterocycles. The maximum atomic E-state index is 11.1. The number of benzene rings is 1. The molecule has 0 aliphatic carbocycles. The van der Waals surface area contributed by atoms with Gasteiger partial charge < -0.3 is 16.4 Å². The summed E-state index contributed by atoms with van der Waals surface area (Å²) in [5, 5.41) is 0. The summed E-state index contributed by atoms with van der Waals surface area (Å²) in [6, 6.07) is 7.85. The van der Waals surface area contributed by atoms with Crippen molar-refractivity contribution in [3.63, 3.8) is 0 Å².